The molecule has 0 aliphatic heterocycles. The van der Waals surface area contributed by atoms with Gasteiger partial charge in [-0.1, -0.05) is 18.2 Å². The molecule has 0 amide bonds. The van der Waals surface area contributed by atoms with Crippen molar-refractivity contribution in [2.24, 2.45) is 0 Å². The number of carbonyl (C=O) groups is 1. The second-order valence-electron chi connectivity index (χ2n) is 4.97. The van der Waals surface area contributed by atoms with Crippen LogP contribution in [0.4, 0.5) is 0 Å². The van der Waals surface area contributed by atoms with Crippen molar-refractivity contribution in [1.82, 2.24) is 0 Å². The van der Waals surface area contributed by atoms with Gasteiger partial charge in [0.05, 0.1) is 12.2 Å². The Morgan fingerprint density at radius 2 is 1.74 bits per heavy atom. The summed E-state index contributed by atoms with van der Waals surface area (Å²) in [5.74, 6) is -0.219. The standard InChI is InChI=1S/C17H20O2/c1-6-19-17(18)16-12(4)11(3)15-10(2)8-7-9-14(15)13(16)5/h7-9H,6H2,1-5H3. The molecule has 100 valence electrons. The Kier molecular flexibility index (Phi) is 3.61. The summed E-state index contributed by atoms with van der Waals surface area (Å²) in [6, 6.07) is 6.22. The molecule has 19 heavy (non-hydrogen) atoms. The van der Waals surface area contributed by atoms with E-state index in [1.807, 2.05) is 26.8 Å². The average molecular weight is 256 g/mol. The number of rotatable bonds is 2. The molecule has 0 aliphatic rings. The van der Waals surface area contributed by atoms with Crippen LogP contribution in [-0.4, -0.2) is 12.6 Å². The molecule has 0 radical (unpaired) electrons. The monoisotopic (exact) mass is 256 g/mol. The molecule has 0 atom stereocenters. The largest absolute Gasteiger partial charge is 0.462 e. The first-order chi connectivity index (χ1) is 8.99. The highest BCUT2D eigenvalue weighted by Crippen LogP contribution is 2.31. The molecule has 0 unspecified atom stereocenters. The number of hydrogen-bond acceptors (Lipinski definition) is 2. The first-order valence-electron chi connectivity index (χ1n) is 6.65. The molecule has 0 N–H and O–H groups in total. The smallest absolute Gasteiger partial charge is 0.338 e. The van der Waals surface area contributed by atoms with Gasteiger partial charge in [0.2, 0.25) is 0 Å². The summed E-state index contributed by atoms with van der Waals surface area (Å²) >= 11 is 0. The Morgan fingerprint density at radius 3 is 2.37 bits per heavy atom. The Balaban J connectivity index is 2.85. The lowest BCUT2D eigenvalue weighted by Gasteiger charge is -2.17. The molecule has 2 heteroatoms. The molecule has 0 heterocycles. The molecule has 0 aliphatic carbocycles. The van der Waals surface area contributed by atoms with Gasteiger partial charge in [-0.15, -0.1) is 0 Å². The third-order valence-corrected chi connectivity index (χ3v) is 3.84. The first kappa shape index (κ1) is 13.6. The minimum Gasteiger partial charge on any atom is -0.462 e. The first-order valence-corrected chi connectivity index (χ1v) is 6.65. The van der Waals surface area contributed by atoms with Gasteiger partial charge in [0.25, 0.3) is 0 Å². The van der Waals surface area contributed by atoms with E-state index in [0.717, 1.165) is 22.1 Å². The summed E-state index contributed by atoms with van der Waals surface area (Å²) < 4.78 is 5.18. The van der Waals surface area contributed by atoms with Gasteiger partial charge in [0.1, 0.15) is 0 Å². The van der Waals surface area contributed by atoms with E-state index in [4.69, 9.17) is 4.74 Å². The normalized spacial score (nSPS) is 10.8. The maximum absolute atomic E-state index is 12.1. The van der Waals surface area contributed by atoms with Gasteiger partial charge in [-0.2, -0.15) is 0 Å². The van der Waals surface area contributed by atoms with Gasteiger partial charge in [0, 0.05) is 0 Å². The van der Waals surface area contributed by atoms with E-state index in [9.17, 15) is 4.79 Å². The fourth-order valence-electron chi connectivity index (χ4n) is 2.78. The summed E-state index contributed by atoms with van der Waals surface area (Å²) in [5, 5.41) is 2.40. The zero-order valence-electron chi connectivity index (χ0n) is 12.3. The van der Waals surface area contributed by atoms with Crippen LogP contribution < -0.4 is 0 Å². The van der Waals surface area contributed by atoms with Gasteiger partial charge in [-0.3, -0.25) is 0 Å². The van der Waals surface area contributed by atoms with E-state index in [1.165, 1.54) is 16.5 Å². The topological polar surface area (TPSA) is 26.3 Å². The number of benzene rings is 2. The molecule has 2 rings (SSSR count). The van der Waals surface area contributed by atoms with Crippen LogP contribution >= 0.6 is 0 Å². The molecular formula is C17H20O2. The van der Waals surface area contributed by atoms with Crippen molar-refractivity contribution in [2.45, 2.75) is 34.6 Å². The Hall–Kier alpha value is -1.83. The molecule has 2 aromatic carbocycles. The number of hydrogen-bond donors (Lipinski definition) is 0. The van der Waals surface area contributed by atoms with Crippen LogP contribution in [0.3, 0.4) is 0 Å². The lowest BCUT2D eigenvalue weighted by Crippen LogP contribution is -2.11. The molecule has 0 saturated carbocycles. The fraction of sp³-hybridized carbons (Fsp3) is 0.353. The molecule has 0 bridgehead atoms. The van der Waals surface area contributed by atoms with Crippen LogP contribution in [0.15, 0.2) is 18.2 Å². The molecule has 2 aromatic rings. The zero-order chi connectivity index (χ0) is 14.2. The van der Waals surface area contributed by atoms with Crippen molar-refractivity contribution in [3.63, 3.8) is 0 Å². The van der Waals surface area contributed by atoms with Crippen LogP contribution in [0.2, 0.25) is 0 Å². The minimum atomic E-state index is -0.219. The average Bonchev–Trinajstić information content (AvgIpc) is 2.36. The number of esters is 1. The Morgan fingerprint density at radius 1 is 1.05 bits per heavy atom. The van der Waals surface area contributed by atoms with Crippen molar-refractivity contribution in [3.05, 3.63) is 46.0 Å². The van der Waals surface area contributed by atoms with Crippen molar-refractivity contribution in [2.75, 3.05) is 6.61 Å². The number of fused-ring (bicyclic) bond motifs is 1. The SMILES string of the molecule is CCOC(=O)c1c(C)c(C)c2c(C)cccc2c1C. The maximum atomic E-state index is 12.1. The highest BCUT2D eigenvalue weighted by Gasteiger charge is 2.19. The highest BCUT2D eigenvalue weighted by atomic mass is 16.5. The molecule has 2 nitrogen and oxygen atoms in total. The predicted molar refractivity (Wildman–Crippen MR) is 78.9 cm³/mol. The lowest BCUT2D eigenvalue weighted by atomic mass is 9.89. The number of carbonyl (C=O) groups excluding carboxylic acids is 1. The van der Waals surface area contributed by atoms with Crippen LogP contribution in [0, 0.1) is 27.7 Å². The molecule has 0 saturated heterocycles. The van der Waals surface area contributed by atoms with Crippen LogP contribution in [-0.2, 0) is 4.74 Å². The van der Waals surface area contributed by atoms with E-state index in [2.05, 4.69) is 26.0 Å². The van der Waals surface area contributed by atoms with E-state index in [-0.39, 0.29) is 5.97 Å². The quantitative estimate of drug-likeness (QED) is 0.751. The fourth-order valence-corrected chi connectivity index (χ4v) is 2.78. The minimum absolute atomic E-state index is 0.219. The van der Waals surface area contributed by atoms with Crippen LogP contribution in [0.1, 0.15) is 39.5 Å². The zero-order valence-corrected chi connectivity index (χ0v) is 12.3. The van der Waals surface area contributed by atoms with Crippen LogP contribution in [0.25, 0.3) is 10.8 Å². The molecular weight excluding hydrogens is 236 g/mol. The summed E-state index contributed by atoms with van der Waals surface area (Å²) in [6.07, 6.45) is 0. The van der Waals surface area contributed by atoms with E-state index in [0.29, 0.717) is 6.61 Å². The molecule has 0 fully saturated rings. The maximum Gasteiger partial charge on any atom is 0.338 e. The second kappa shape index (κ2) is 5.04. The number of aryl methyl sites for hydroxylation is 3. The van der Waals surface area contributed by atoms with Gasteiger partial charge in [0.15, 0.2) is 0 Å². The summed E-state index contributed by atoms with van der Waals surface area (Å²) in [4.78, 5) is 12.1. The Labute approximate surface area is 114 Å². The summed E-state index contributed by atoms with van der Waals surface area (Å²) in [6.45, 7) is 10.4. The predicted octanol–water partition coefficient (Wildman–Crippen LogP) is 4.25. The van der Waals surface area contributed by atoms with Gasteiger partial charge < -0.3 is 4.74 Å². The molecule has 0 spiro atoms. The van der Waals surface area contributed by atoms with E-state index >= 15 is 0 Å². The Bertz CT molecular complexity index is 654. The third-order valence-electron chi connectivity index (χ3n) is 3.84. The van der Waals surface area contributed by atoms with Crippen LogP contribution in [0.5, 0.6) is 0 Å². The highest BCUT2D eigenvalue weighted by molar-refractivity contribution is 6.02. The van der Waals surface area contributed by atoms with Crippen molar-refractivity contribution in [1.29, 1.82) is 0 Å². The van der Waals surface area contributed by atoms with Gasteiger partial charge in [-0.25, -0.2) is 4.79 Å². The van der Waals surface area contributed by atoms with Crippen molar-refractivity contribution in [3.8, 4) is 0 Å². The van der Waals surface area contributed by atoms with Gasteiger partial charge >= 0.3 is 5.97 Å². The van der Waals surface area contributed by atoms with Crippen molar-refractivity contribution < 1.29 is 9.53 Å². The van der Waals surface area contributed by atoms with E-state index < -0.39 is 0 Å². The second-order valence-corrected chi connectivity index (χ2v) is 4.97. The molecule has 0 aromatic heterocycles. The van der Waals surface area contributed by atoms with E-state index in [1.54, 1.807) is 0 Å². The van der Waals surface area contributed by atoms with Gasteiger partial charge in [-0.05, 0) is 67.6 Å². The lowest BCUT2D eigenvalue weighted by molar-refractivity contribution is 0.0525. The summed E-state index contributed by atoms with van der Waals surface area (Å²) in [7, 11) is 0. The third kappa shape index (κ3) is 2.12. The van der Waals surface area contributed by atoms with Crippen molar-refractivity contribution >= 4 is 16.7 Å². The number of ether oxygens (including phenoxy) is 1. The summed E-state index contributed by atoms with van der Waals surface area (Å²) in [5.41, 5.74) is 5.17.